The van der Waals surface area contributed by atoms with E-state index in [-0.39, 0.29) is 12.8 Å². The van der Waals surface area contributed by atoms with Crippen LogP contribution in [-0.4, -0.2) is 110 Å². The lowest BCUT2D eigenvalue weighted by Gasteiger charge is -2.40. The molecular formula is C80H153NO10. The highest BCUT2D eigenvalue weighted by molar-refractivity contribution is 5.80. The van der Waals surface area contributed by atoms with Crippen LogP contribution in [0.4, 0.5) is 0 Å². The van der Waals surface area contributed by atoms with E-state index in [0.29, 0.717) is 19.3 Å². The summed E-state index contributed by atoms with van der Waals surface area (Å²) in [7, 11) is 0. The van der Waals surface area contributed by atoms with Gasteiger partial charge in [-0.15, -0.1) is 0 Å². The van der Waals surface area contributed by atoms with Gasteiger partial charge in [-0.1, -0.05) is 359 Å². The van der Waals surface area contributed by atoms with Crippen LogP contribution in [0, 0.1) is 0 Å². The third-order valence-electron chi connectivity index (χ3n) is 19.4. The van der Waals surface area contributed by atoms with Gasteiger partial charge < -0.3 is 50.5 Å². The molecule has 0 aromatic heterocycles. The number of rotatable bonds is 71. The number of allylic oxidation sites excluding steroid dienone is 6. The van der Waals surface area contributed by atoms with Crippen LogP contribution in [-0.2, 0) is 14.3 Å². The van der Waals surface area contributed by atoms with Crippen LogP contribution in [0.1, 0.15) is 399 Å². The van der Waals surface area contributed by atoms with Crippen molar-refractivity contribution in [2.45, 2.75) is 454 Å². The fraction of sp³-hybridized carbons (Fsp3) is 0.912. The van der Waals surface area contributed by atoms with Crippen molar-refractivity contribution in [3.63, 3.8) is 0 Å². The summed E-state index contributed by atoms with van der Waals surface area (Å²) < 4.78 is 11.2. The number of hydrogen-bond acceptors (Lipinski definition) is 10. The standard InChI is InChI=1S/C80H153NO10/c1-3-5-7-9-11-13-15-17-19-21-23-25-27-29-31-32-33-34-35-36-37-38-39-40-41-42-44-46-48-50-52-54-56-58-60-62-64-66-68-73(84)79(89)81-71(70-90-80-78(88)77(87)76(86)74(69-82)91-80)75(85)72(83)67-65-63-61-59-57-55-53-51-49-47-45-43-30-28-26-24-22-20-18-16-14-12-10-8-6-4-2/h36-37,51,53,59,61,71-78,80,82-88H,3-35,38-50,52,54-58,60,62-70H2,1-2H3,(H,81,89)/b37-36-,53-51+,61-59+. The van der Waals surface area contributed by atoms with E-state index >= 15 is 0 Å². The Morgan fingerprint density at radius 3 is 0.978 bits per heavy atom. The Kier molecular flexibility index (Phi) is 65.5. The third-order valence-corrected chi connectivity index (χ3v) is 19.4. The van der Waals surface area contributed by atoms with Gasteiger partial charge in [0.05, 0.1) is 25.4 Å². The molecule has 11 heteroatoms. The van der Waals surface area contributed by atoms with Gasteiger partial charge >= 0.3 is 0 Å². The summed E-state index contributed by atoms with van der Waals surface area (Å²) in [6.07, 6.45) is 78.4. The number of carbonyl (C=O) groups is 1. The summed E-state index contributed by atoms with van der Waals surface area (Å²) in [6.45, 7) is 3.50. The first-order chi connectivity index (χ1) is 44.7. The second-order valence-corrected chi connectivity index (χ2v) is 28.1. The lowest BCUT2D eigenvalue weighted by molar-refractivity contribution is -0.303. The van der Waals surface area contributed by atoms with E-state index in [4.69, 9.17) is 9.47 Å². The molecule has 0 aromatic rings. The smallest absolute Gasteiger partial charge is 0.249 e. The monoisotopic (exact) mass is 1290 g/mol. The SMILES string of the molecule is CCCCCCCCCCCCCCCCCCC/C=C/CC/C=C/CCCC(O)C(O)C(COC1OC(CO)C(O)C(O)C1O)NC(=O)C(O)CCCCCCCCCCCCCCCCCC/C=C\CCCCCCCCCCCCCCCCCCCC. The number of hydrogen-bond donors (Lipinski definition) is 8. The Hall–Kier alpha value is -1.67. The number of aliphatic hydroxyl groups excluding tert-OH is 7. The van der Waals surface area contributed by atoms with E-state index in [1.165, 1.54) is 315 Å². The summed E-state index contributed by atoms with van der Waals surface area (Å²) in [5, 5.41) is 76.6. The van der Waals surface area contributed by atoms with Crippen molar-refractivity contribution in [2.24, 2.45) is 0 Å². The maximum atomic E-state index is 13.3. The van der Waals surface area contributed by atoms with Gasteiger partial charge in [-0.3, -0.25) is 4.79 Å². The molecule has 1 amide bonds. The normalized spacial score (nSPS) is 18.5. The van der Waals surface area contributed by atoms with Crippen LogP contribution < -0.4 is 5.32 Å². The van der Waals surface area contributed by atoms with Crippen LogP contribution >= 0.6 is 0 Å². The number of carbonyl (C=O) groups excluding carboxylic acids is 1. The first-order valence-electron chi connectivity index (χ1n) is 39.9. The lowest BCUT2D eigenvalue weighted by Crippen LogP contribution is -2.60. The number of aliphatic hydroxyl groups is 7. The Bertz CT molecular complexity index is 1580. The van der Waals surface area contributed by atoms with E-state index in [0.717, 1.165) is 38.5 Å². The predicted molar refractivity (Wildman–Crippen MR) is 385 cm³/mol. The maximum absolute atomic E-state index is 13.3. The molecule has 0 saturated carbocycles. The second-order valence-electron chi connectivity index (χ2n) is 28.1. The van der Waals surface area contributed by atoms with Crippen molar-refractivity contribution in [3.8, 4) is 0 Å². The highest BCUT2D eigenvalue weighted by Gasteiger charge is 2.44. The minimum Gasteiger partial charge on any atom is -0.394 e. The fourth-order valence-electron chi connectivity index (χ4n) is 13.0. The number of unbranched alkanes of at least 4 members (excludes halogenated alkanes) is 53. The molecular weight excluding hydrogens is 1130 g/mol. The van der Waals surface area contributed by atoms with Crippen molar-refractivity contribution in [1.82, 2.24) is 5.32 Å². The summed E-state index contributed by atoms with van der Waals surface area (Å²) in [4.78, 5) is 13.3. The molecule has 1 rings (SSSR count). The van der Waals surface area contributed by atoms with Gasteiger partial charge in [0.25, 0.3) is 0 Å². The van der Waals surface area contributed by atoms with Crippen molar-refractivity contribution < 1.29 is 50.0 Å². The maximum Gasteiger partial charge on any atom is 0.249 e. The molecule has 1 aliphatic rings. The lowest BCUT2D eigenvalue weighted by atomic mass is 9.98. The number of nitrogens with one attached hydrogen (secondary N) is 1. The van der Waals surface area contributed by atoms with Gasteiger partial charge in [0, 0.05) is 0 Å². The Labute approximate surface area is 562 Å². The topological polar surface area (TPSA) is 189 Å². The Morgan fingerprint density at radius 1 is 0.374 bits per heavy atom. The van der Waals surface area contributed by atoms with Gasteiger partial charge in [-0.05, 0) is 77.0 Å². The number of ether oxygens (including phenoxy) is 2. The summed E-state index contributed by atoms with van der Waals surface area (Å²) in [6, 6.07) is -1.19. The minimum atomic E-state index is -1.67. The zero-order chi connectivity index (χ0) is 66.0. The molecule has 1 aliphatic heterocycles. The summed E-state index contributed by atoms with van der Waals surface area (Å²) in [5.41, 5.74) is 0. The molecule has 538 valence electrons. The molecule has 0 aromatic carbocycles. The summed E-state index contributed by atoms with van der Waals surface area (Å²) in [5.74, 6) is -0.704. The molecule has 0 aliphatic carbocycles. The summed E-state index contributed by atoms with van der Waals surface area (Å²) >= 11 is 0. The molecule has 0 bridgehead atoms. The van der Waals surface area contributed by atoms with E-state index in [9.17, 15) is 40.5 Å². The van der Waals surface area contributed by atoms with E-state index in [1.807, 2.05) is 0 Å². The Balaban J connectivity index is 2.14. The molecule has 9 unspecified atom stereocenters. The first-order valence-corrected chi connectivity index (χ1v) is 39.9. The van der Waals surface area contributed by atoms with Crippen LogP contribution in [0.5, 0.6) is 0 Å². The van der Waals surface area contributed by atoms with Gasteiger partial charge in [-0.2, -0.15) is 0 Å². The van der Waals surface area contributed by atoms with E-state index < -0.39 is 74.2 Å². The van der Waals surface area contributed by atoms with Crippen LogP contribution in [0.25, 0.3) is 0 Å². The molecule has 0 radical (unpaired) electrons. The second kappa shape index (κ2) is 68.3. The minimum absolute atomic E-state index is 0.248. The predicted octanol–water partition coefficient (Wildman–Crippen LogP) is 20.5. The molecule has 1 fully saturated rings. The average Bonchev–Trinajstić information content (AvgIpc) is 1.21. The van der Waals surface area contributed by atoms with Gasteiger partial charge in [0.1, 0.15) is 36.6 Å². The molecule has 91 heavy (non-hydrogen) atoms. The zero-order valence-electron chi connectivity index (χ0n) is 59.9. The molecule has 11 nitrogen and oxygen atoms in total. The molecule has 9 atom stereocenters. The van der Waals surface area contributed by atoms with Crippen LogP contribution in [0.15, 0.2) is 36.5 Å². The van der Waals surface area contributed by atoms with E-state index in [1.54, 1.807) is 0 Å². The number of amides is 1. The van der Waals surface area contributed by atoms with Gasteiger partial charge in [-0.25, -0.2) is 0 Å². The molecule has 0 spiro atoms. The quantitative estimate of drug-likeness (QED) is 0.0215. The highest BCUT2D eigenvalue weighted by atomic mass is 16.7. The van der Waals surface area contributed by atoms with Crippen molar-refractivity contribution in [1.29, 1.82) is 0 Å². The molecule has 1 heterocycles. The van der Waals surface area contributed by atoms with Crippen molar-refractivity contribution in [3.05, 3.63) is 36.5 Å². The van der Waals surface area contributed by atoms with Gasteiger partial charge in [0.15, 0.2) is 6.29 Å². The van der Waals surface area contributed by atoms with E-state index in [2.05, 4.69) is 55.6 Å². The van der Waals surface area contributed by atoms with Gasteiger partial charge in [0.2, 0.25) is 5.91 Å². The van der Waals surface area contributed by atoms with Crippen molar-refractivity contribution >= 4 is 5.91 Å². The van der Waals surface area contributed by atoms with Crippen molar-refractivity contribution in [2.75, 3.05) is 13.2 Å². The first kappa shape index (κ1) is 87.3. The zero-order valence-corrected chi connectivity index (χ0v) is 59.9. The highest BCUT2D eigenvalue weighted by Crippen LogP contribution is 2.24. The third kappa shape index (κ3) is 55.1. The van der Waals surface area contributed by atoms with Crippen LogP contribution in [0.3, 0.4) is 0 Å². The average molecular weight is 1290 g/mol. The fourth-order valence-corrected chi connectivity index (χ4v) is 13.0. The van der Waals surface area contributed by atoms with Crippen LogP contribution in [0.2, 0.25) is 0 Å². The largest absolute Gasteiger partial charge is 0.394 e. The molecule has 1 saturated heterocycles. The molecule has 8 N–H and O–H groups in total. The Morgan fingerprint density at radius 2 is 0.659 bits per heavy atom.